The van der Waals surface area contributed by atoms with E-state index < -0.39 is 0 Å². The summed E-state index contributed by atoms with van der Waals surface area (Å²) in [7, 11) is 1.59. The number of aromatic hydroxyl groups is 1. The van der Waals surface area contributed by atoms with E-state index in [1.165, 1.54) is 12.3 Å². The van der Waals surface area contributed by atoms with E-state index in [1.54, 1.807) is 12.0 Å². The van der Waals surface area contributed by atoms with Crippen molar-refractivity contribution in [3.63, 3.8) is 0 Å². The topological polar surface area (TPSA) is 62.7 Å². The second kappa shape index (κ2) is 5.61. The Morgan fingerprint density at radius 2 is 2.23 bits per heavy atom. The third-order valence-corrected chi connectivity index (χ3v) is 4.23. The van der Waals surface area contributed by atoms with Crippen molar-refractivity contribution in [2.24, 2.45) is 0 Å². The van der Waals surface area contributed by atoms with Gasteiger partial charge in [-0.05, 0) is 33.6 Å². The van der Waals surface area contributed by atoms with Crippen molar-refractivity contribution in [2.75, 3.05) is 18.6 Å². The number of carbonyl (C=O) groups excluding carboxylic acids is 1. The van der Waals surface area contributed by atoms with Crippen LogP contribution in [0.4, 0.5) is 5.69 Å². The second-order valence-electron chi connectivity index (χ2n) is 5.26. The molecule has 0 saturated carbocycles. The van der Waals surface area contributed by atoms with E-state index in [2.05, 4.69) is 27.8 Å². The highest BCUT2D eigenvalue weighted by Gasteiger charge is 2.32. The summed E-state index contributed by atoms with van der Waals surface area (Å²) in [6.45, 7) is 2.62. The molecule has 22 heavy (non-hydrogen) atoms. The molecule has 0 aliphatic carbocycles. The van der Waals surface area contributed by atoms with Crippen molar-refractivity contribution in [3.05, 3.63) is 46.2 Å². The largest absolute Gasteiger partial charge is 0.505 e. The first-order valence-corrected chi connectivity index (χ1v) is 7.65. The van der Waals surface area contributed by atoms with Crippen molar-refractivity contribution in [1.82, 2.24) is 4.98 Å². The second-order valence-corrected chi connectivity index (χ2v) is 6.18. The van der Waals surface area contributed by atoms with Crippen LogP contribution in [-0.4, -0.2) is 29.7 Å². The first-order valence-electron chi connectivity index (χ1n) is 6.85. The summed E-state index contributed by atoms with van der Waals surface area (Å²) in [5, 5.41) is 9.97. The van der Waals surface area contributed by atoms with Crippen molar-refractivity contribution in [3.8, 4) is 11.5 Å². The third-order valence-electron chi connectivity index (χ3n) is 3.80. The van der Waals surface area contributed by atoms with E-state index in [1.807, 2.05) is 18.2 Å². The molecule has 0 fully saturated rings. The first-order chi connectivity index (χ1) is 10.5. The number of carbonyl (C=O) groups is 1. The molecule has 1 aromatic carbocycles. The lowest BCUT2D eigenvalue weighted by atomic mass is 10.0. The van der Waals surface area contributed by atoms with Crippen LogP contribution in [0.25, 0.3) is 0 Å². The molecule has 0 saturated heterocycles. The number of rotatable bonds is 2. The van der Waals surface area contributed by atoms with Gasteiger partial charge in [0, 0.05) is 29.2 Å². The van der Waals surface area contributed by atoms with E-state index in [-0.39, 0.29) is 23.3 Å². The number of amides is 1. The van der Waals surface area contributed by atoms with E-state index in [4.69, 9.17) is 4.74 Å². The van der Waals surface area contributed by atoms with Gasteiger partial charge in [0.15, 0.2) is 5.69 Å². The molecule has 5 nitrogen and oxygen atoms in total. The van der Waals surface area contributed by atoms with Crippen LogP contribution in [-0.2, 0) is 0 Å². The number of hydrogen-bond donors (Lipinski definition) is 1. The van der Waals surface area contributed by atoms with Crippen molar-refractivity contribution < 1.29 is 14.6 Å². The van der Waals surface area contributed by atoms with Crippen LogP contribution in [0.3, 0.4) is 0 Å². The maximum Gasteiger partial charge on any atom is 0.280 e. The normalized spacial score (nSPS) is 16.5. The van der Waals surface area contributed by atoms with Gasteiger partial charge in [-0.1, -0.05) is 13.0 Å². The van der Waals surface area contributed by atoms with E-state index in [0.717, 1.165) is 11.3 Å². The smallest absolute Gasteiger partial charge is 0.280 e. The third kappa shape index (κ3) is 2.43. The first kappa shape index (κ1) is 14.8. The molecule has 1 N–H and O–H groups in total. The fourth-order valence-electron chi connectivity index (χ4n) is 2.68. The summed E-state index contributed by atoms with van der Waals surface area (Å²) in [5.41, 5.74) is 1.94. The Morgan fingerprint density at radius 1 is 1.45 bits per heavy atom. The van der Waals surface area contributed by atoms with Crippen molar-refractivity contribution in [1.29, 1.82) is 0 Å². The van der Waals surface area contributed by atoms with Crippen LogP contribution in [0.2, 0.25) is 0 Å². The highest BCUT2D eigenvalue weighted by molar-refractivity contribution is 9.10. The molecule has 1 aliphatic heterocycles. The van der Waals surface area contributed by atoms with Gasteiger partial charge in [0.05, 0.1) is 12.8 Å². The lowest BCUT2D eigenvalue weighted by molar-refractivity contribution is 0.0980. The Labute approximate surface area is 136 Å². The Morgan fingerprint density at radius 3 is 2.91 bits per heavy atom. The Balaban J connectivity index is 2.02. The maximum absolute atomic E-state index is 12.7. The van der Waals surface area contributed by atoms with Crippen LogP contribution in [0.1, 0.15) is 28.9 Å². The summed E-state index contributed by atoms with van der Waals surface area (Å²) < 4.78 is 5.86. The van der Waals surface area contributed by atoms with Crippen LogP contribution >= 0.6 is 15.9 Å². The number of methoxy groups -OCH3 is 1. The van der Waals surface area contributed by atoms with Gasteiger partial charge in [-0.25, -0.2) is 4.98 Å². The molecule has 2 heterocycles. The standard InChI is InChI=1S/C16H15BrN2O3/c1-9-8-19(13-6-11(22-2)3-4-12(9)13)16(21)15-14(20)5-10(17)7-18-15/h3-7,9,20H,8H2,1-2H3. The Hall–Kier alpha value is -2.08. The van der Waals surface area contributed by atoms with Gasteiger partial charge in [0.2, 0.25) is 0 Å². The van der Waals surface area contributed by atoms with Gasteiger partial charge in [0.1, 0.15) is 11.5 Å². The van der Waals surface area contributed by atoms with Crippen LogP contribution < -0.4 is 9.64 Å². The predicted molar refractivity (Wildman–Crippen MR) is 86.7 cm³/mol. The highest BCUT2D eigenvalue weighted by atomic mass is 79.9. The lowest BCUT2D eigenvalue weighted by Crippen LogP contribution is -2.30. The molecule has 2 aromatic rings. The fourth-order valence-corrected chi connectivity index (χ4v) is 3.00. The summed E-state index contributed by atoms with van der Waals surface area (Å²) in [6.07, 6.45) is 1.50. The lowest BCUT2D eigenvalue weighted by Gasteiger charge is -2.18. The molecule has 1 amide bonds. The molecule has 0 spiro atoms. The number of nitrogens with zero attached hydrogens (tertiary/aromatic N) is 2. The van der Waals surface area contributed by atoms with Gasteiger partial charge in [-0.15, -0.1) is 0 Å². The molecule has 3 rings (SSSR count). The van der Waals surface area contributed by atoms with Crippen LogP contribution in [0.15, 0.2) is 34.9 Å². The van der Waals surface area contributed by atoms with Gasteiger partial charge >= 0.3 is 0 Å². The van der Waals surface area contributed by atoms with Gasteiger partial charge < -0.3 is 14.7 Å². The molecule has 0 radical (unpaired) electrons. The number of hydrogen-bond acceptors (Lipinski definition) is 4. The molecule has 6 heteroatoms. The quantitative estimate of drug-likeness (QED) is 0.889. The number of benzene rings is 1. The average molecular weight is 363 g/mol. The molecule has 1 aromatic heterocycles. The number of ether oxygens (including phenoxy) is 1. The molecular weight excluding hydrogens is 348 g/mol. The zero-order valence-electron chi connectivity index (χ0n) is 12.2. The van der Waals surface area contributed by atoms with Crippen molar-refractivity contribution in [2.45, 2.75) is 12.8 Å². The summed E-state index contributed by atoms with van der Waals surface area (Å²) in [4.78, 5) is 18.4. The zero-order chi connectivity index (χ0) is 15.9. The SMILES string of the molecule is COc1ccc2c(c1)N(C(=O)c1ncc(Br)cc1O)CC2C. The molecular formula is C16H15BrN2O3. The van der Waals surface area contributed by atoms with E-state index >= 15 is 0 Å². The van der Waals surface area contributed by atoms with E-state index in [0.29, 0.717) is 16.8 Å². The summed E-state index contributed by atoms with van der Waals surface area (Å²) in [5.74, 6) is 0.466. The molecule has 1 atom stereocenters. The van der Waals surface area contributed by atoms with Crippen molar-refractivity contribution >= 4 is 27.5 Å². The number of anilines is 1. The summed E-state index contributed by atoms with van der Waals surface area (Å²) >= 11 is 3.22. The minimum Gasteiger partial charge on any atom is -0.505 e. The maximum atomic E-state index is 12.7. The van der Waals surface area contributed by atoms with Gasteiger partial charge in [0.25, 0.3) is 5.91 Å². The van der Waals surface area contributed by atoms with Gasteiger partial charge in [-0.2, -0.15) is 0 Å². The molecule has 114 valence electrons. The van der Waals surface area contributed by atoms with E-state index in [9.17, 15) is 9.90 Å². The predicted octanol–water partition coefficient (Wildman–Crippen LogP) is 3.32. The fraction of sp³-hybridized carbons (Fsp3) is 0.250. The number of fused-ring (bicyclic) bond motifs is 1. The zero-order valence-corrected chi connectivity index (χ0v) is 13.8. The van der Waals surface area contributed by atoms with Crippen LogP contribution in [0.5, 0.6) is 11.5 Å². The number of aromatic nitrogens is 1. The molecule has 1 aliphatic rings. The monoisotopic (exact) mass is 362 g/mol. The summed E-state index contributed by atoms with van der Waals surface area (Å²) in [6, 6.07) is 7.17. The highest BCUT2D eigenvalue weighted by Crippen LogP contribution is 2.39. The molecule has 0 bridgehead atoms. The minimum absolute atomic E-state index is 0.0473. The Kier molecular flexibility index (Phi) is 3.78. The van der Waals surface area contributed by atoms with Gasteiger partial charge in [-0.3, -0.25) is 4.79 Å². The minimum atomic E-state index is -0.316. The molecule has 1 unspecified atom stereocenters. The Bertz CT molecular complexity index is 748. The number of halogens is 1. The number of pyridine rings is 1. The average Bonchev–Trinajstić information content (AvgIpc) is 2.83. The van der Waals surface area contributed by atoms with Crippen LogP contribution in [0, 0.1) is 0 Å².